The van der Waals surface area contributed by atoms with E-state index in [9.17, 15) is 4.79 Å². The first-order valence-corrected chi connectivity index (χ1v) is 10.1. The molecule has 0 radical (unpaired) electrons. The second-order valence-corrected chi connectivity index (χ2v) is 12.4. The number of carbonyl (C=O) groups is 1. The maximum absolute atomic E-state index is 12.2. The first-order chi connectivity index (χ1) is 8.93. The van der Waals surface area contributed by atoms with Gasteiger partial charge in [-0.15, -0.1) is 0 Å². The van der Waals surface area contributed by atoms with Crippen LogP contribution in [0.15, 0.2) is 12.2 Å². The fourth-order valence-corrected chi connectivity index (χ4v) is 3.50. The summed E-state index contributed by atoms with van der Waals surface area (Å²) in [5, 5.41) is 0.0545. The SMILES string of the molecule is CC1(C)O[C@H]2[C@H](O[Si](C)(C)C(C)(C)C)C(=O)C=C[C@H]2O1. The van der Waals surface area contributed by atoms with Gasteiger partial charge in [0.15, 0.2) is 19.9 Å². The highest BCUT2D eigenvalue weighted by Crippen LogP contribution is 2.41. The highest BCUT2D eigenvalue weighted by atomic mass is 28.4. The van der Waals surface area contributed by atoms with Gasteiger partial charge in [0, 0.05) is 0 Å². The van der Waals surface area contributed by atoms with E-state index in [2.05, 4.69) is 33.9 Å². The van der Waals surface area contributed by atoms with Crippen LogP contribution >= 0.6 is 0 Å². The van der Waals surface area contributed by atoms with Crippen LogP contribution in [0.4, 0.5) is 0 Å². The Morgan fingerprint density at radius 3 is 2.40 bits per heavy atom. The van der Waals surface area contributed by atoms with Crippen LogP contribution in [-0.2, 0) is 18.7 Å². The van der Waals surface area contributed by atoms with Crippen LogP contribution in [0.3, 0.4) is 0 Å². The summed E-state index contributed by atoms with van der Waals surface area (Å²) >= 11 is 0. The van der Waals surface area contributed by atoms with Crippen LogP contribution < -0.4 is 0 Å². The number of ketones is 1. The second kappa shape index (κ2) is 4.76. The minimum atomic E-state index is -2.03. The Morgan fingerprint density at radius 1 is 1.25 bits per heavy atom. The lowest BCUT2D eigenvalue weighted by atomic mass is 9.98. The maximum Gasteiger partial charge on any atom is 0.193 e. The summed E-state index contributed by atoms with van der Waals surface area (Å²) in [7, 11) is -2.03. The molecule has 0 aromatic rings. The van der Waals surface area contributed by atoms with Gasteiger partial charge in [-0.3, -0.25) is 4.79 Å². The fourth-order valence-electron chi connectivity index (χ4n) is 2.27. The molecule has 0 bridgehead atoms. The van der Waals surface area contributed by atoms with Crippen molar-refractivity contribution < 1.29 is 18.7 Å². The highest BCUT2D eigenvalue weighted by Gasteiger charge is 2.51. The van der Waals surface area contributed by atoms with Crippen LogP contribution in [0.25, 0.3) is 0 Å². The Labute approximate surface area is 122 Å². The zero-order valence-corrected chi connectivity index (χ0v) is 14.5. The molecular weight excluding hydrogens is 272 g/mol. The van der Waals surface area contributed by atoms with Gasteiger partial charge in [-0.05, 0) is 44.1 Å². The van der Waals surface area contributed by atoms with Gasteiger partial charge in [0.1, 0.15) is 18.3 Å². The average Bonchev–Trinajstić information content (AvgIpc) is 2.56. The van der Waals surface area contributed by atoms with Crippen molar-refractivity contribution in [2.24, 2.45) is 0 Å². The van der Waals surface area contributed by atoms with E-state index in [-0.39, 0.29) is 23.0 Å². The van der Waals surface area contributed by atoms with E-state index >= 15 is 0 Å². The summed E-state index contributed by atoms with van der Waals surface area (Å²) in [5.74, 6) is -0.684. The Hall–Kier alpha value is -0.493. The molecule has 0 aromatic heterocycles. The van der Waals surface area contributed by atoms with Crippen molar-refractivity contribution in [3.8, 4) is 0 Å². The normalized spacial score (nSPS) is 33.4. The predicted molar refractivity (Wildman–Crippen MR) is 80.0 cm³/mol. The third-order valence-electron chi connectivity index (χ3n) is 4.42. The van der Waals surface area contributed by atoms with E-state index in [1.807, 2.05) is 13.8 Å². The van der Waals surface area contributed by atoms with Crippen molar-refractivity contribution in [3.05, 3.63) is 12.2 Å². The zero-order valence-electron chi connectivity index (χ0n) is 13.5. The number of ether oxygens (including phenoxy) is 2. The fraction of sp³-hybridized carbons (Fsp3) is 0.800. The van der Waals surface area contributed by atoms with Crippen LogP contribution in [0.1, 0.15) is 34.6 Å². The van der Waals surface area contributed by atoms with Gasteiger partial charge >= 0.3 is 0 Å². The van der Waals surface area contributed by atoms with E-state index in [0.29, 0.717) is 0 Å². The van der Waals surface area contributed by atoms with Crippen molar-refractivity contribution in [3.63, 3.8) is 0 Å². The number of carbonyl (C=O) groups excluding carboxylic acids is 1. The number of fused-ring (bicyclic) bond motifs is 1. The van der Waals surface area contributed by atoms with Crippen molar-refractivity contribution in [1.29, 1.82) is 0 Å². The summed E-state index contributed by atoms with van der Waals surface area (Å²) < 4.78 is 18.0. The Bertz CT molecular complexity index is 434. The third-order valence-corrected chi connectivity index (χ3v) is 8.88. The molecule has 4 nitrogen and oxygen atoms in total. The highest BCUT2D eigenvalue weighted by molar-refractivity contribution is 6.74. The zero-order chi connectivity index (χ0) is 15.3. The molecule has 1 heterocycles. The predicted octanol–water partition coefficient (Wildman–Crippen LogP) is 3.04. The van der Waals surface area contributed by atoms with Gasteiger partial charge in [-0.25, -0.2) is 0 Å². The molecule has 5 heteroatoms. The molecule has 0 amide bonds. The lowest BCUT2D eigenvalue weighted by Crippen LogP contribution is -2.53. The molecule has 2 aliphatic rings. The standard InChI is InChI=1S/C15H26O4Si/c1-14(2,3)20(6,7)19-12-10(16)8-9-11-13(12)18-15(4,5)17-11/h8-9,11-13H,1-7H3/t11-,12-,13-/m1/s1. The number of hydrogen-bond acceptors (Lipinski definition) is 4. The van der Waals surface area contributed by atoms with E-state index in [1.54, 1.807) is 12.2 Å². The molecule has 1 aliphatic carbocycles. The van der Waals surface area contributed by atoms with E-state index in [0.717, 1.165) is 0 Å². The molecular formula is C15H26O4Si. The molecule has 3 atom stereocenters. The van der Waals surface area contributed by atoms with Crippen molar-refractivity contribution in [1.82, 2.24) is 0 Å². The Morgan fingerprint density at radius 2 is 1.85 bits per heavy atom. The molecule has 0 saturated carbocycles. The number of hydrogen-bond donors (Lipinski definition) is 0. The monoisotopic (exact) mass is 298 g/mol. The lowest BCUT2D eigenvalue weighted by molar-refractivity contribution is -0.155. The Kier molecular flexibility index (Phi) is 3.78. The molecule has 1 fully saturated rings. The molecule has 20 heavy (non-hydrogen) atoms. The lowest BCUT2D eigenvalue weighted by Gasteiger charge is -2.40. The minimum Gasteiger partial charge on any atom is -0.404 e. The van der Waals surface area contributed by atoms with Gasteiger partial charge in [-0.2, -0.15) is 0 Å². The Balaban J connectivity index is 2.23. The molecule has 1 saturated heterocycles. The van der Waals surface area contributed by atoms with Crippen LogP contribution in [-0.4, -0.2) is 38.2 Å². The average molecular weight is 298 g/mol. The largest absolute Gasteiger partial charge is 0.404 e. The quantitative estimate of drug-likeness (QED) is 0.735. The topological polar surface area (TPSA) is 44.8 Å². The van der Waals surface area contributed by atoms with Crippen molar-refractivity contribution in [2.75, 3.05) is 0 Å². The van der Waals surface area contributed by atoms with Gasteiger partial charge in [0.25, 0.3) is 0 Å². The van der Waals surface area contributed by atoms with E-state index in [4.69, 9.17) is 13.9 Å². The molecule has 0 N–H and O–H groups in total. The van der Waals surface area contributed by atoms with Crippen LogP contribution in [0.2, 0.25) is 18.1 Å². The van der Waals surface area contributed by atoms with Crippen LogP contribution in [0.5, 0.6) is 0 Å². The van der Waals surface area contributed by atoms with Crippen molar-refractivity contribution >= 4 is 14.1 Å². The molecule has 1 aliphatic heterocycles. The van der Waals surface area contributed by atoms with Crippen LogP contribution in [0, 0.1) is 0 Å². The van der Waals surface area contributed by atoms with Crippen molar-refractivity contribution in [2.45, 2.75) is 76.8 Å². The van der Waals surface area contributed by atoms with Gasteiger partial charge in [-0.1, -0.05) is 20.8 Å². The first-order valence-electron chi connectivity index (χ1n) is 7.18. The summed E-state index contributed by atoms with van der Waals surface area (Å²) in [4.78, 5) is 12.2. The second-order valence-electron chi connectivity index (χ2n) is 7.63. The van der Waals surface area contributed by atoms with Gasteiger partial charge in [0.05, 0.1) is 0 Å². The third kappa shape index (κ3) is 2.91. The summed E-state index contributed by atoms with van der Waals surface area (Å²) in [6.45, 7) is 14.5. The minimum absolute atomic E-state index is 0.0163. The molecule has 114 valence electrons. The van der Waals surface area contributed by atoms with E-state index in [1.165, 1.54) is 0 Å². The molecule has 0 unspecified atom stereocenters. The molecule has 0 aromatic carbocycles. The molecule has 0 spiro atoms. The summed E-state index contributed by atoms with van der Waals surface area (Å²) in [6.07, 6.45) is 2.28. The van der Waals surface area contributed by atoms with E-state index < -0.39 is 20.2 Å². The summed E-state index contributed by atoms with van der Waals surface area (Å²) in [6, 6.07) is 0. The van der Waals surface area contributed by atoms with Gasteiger partial charge in [0.2, 0.25) is 0 Å². The summed E-state index contributed by atoms with van der Waals surface area (Å²) in [5.41, 5.74) is 0. The first kappa shape index (κ1) is 15.9. The van der Waals surface area contributed by atoms with Gasteiger partial charge < -0.3 is 13.9 Å². The number of rotatable bonds is 2. The smallest absolute Gasteiger partial charge is 0.193 e. The maximum atomic E-state index is 12.2. The molecule has 2 rings (SSSR count).